The van der Waals surface area contributed by atoms with Crippen LogP contribution < -0.4 is 5.32 Å². The van der Waals surface area contributed by atoms with Crippen LogP contribution in [0.5, 0.6) is 0 Å². The van der Waals surface area contributed by atoms with Crippen molar-refractivity contribution in [2.24, 2.45) is 5.92 Å². The van der Waals surface area contributed by atoms with Gasteiger partial charge in [0.1, 0.15) is 11.8 Å². The maximum atomic E-state index is 8.99. The second-order valence-electron chi connectivity index (χ2n) is 5.63. The predicted octanol–water partition coefficient (Wildman–Crippen LogP) is 1.53. The van der Waals surface area contributed by atoms with Crippen LogP contribution >= 0.6 is 0 Å². The number of pyridine rings is 1. The van der Waals surface area contributed by atoms with Crippen LogP contribution in [-0.2, 0) is 6.54 Å². The van der Waals surface area contributed by atoms with Crippen LogP contribution in [0.15, 0.2) is 18.3 Å². The van der Waals surface area contributed by atoms with E-state index in [0.29, 0.717) is 5.69 Å². The van der Waals surface area contributed by atoms with Gasteiger partial charge < -0.3 is 10.2 Å². The van der Waals surface area contributed by atoms with E-state index in [-0.39, 0.29) is 0 Å². The predicted molar refractivity (Wildman–Crippen MR) is 73.4 cm³/mol. The third-order valence-corrected chi connectivity index (χ3v) is 4.13. The summed E-state index contributed by atoms with van der Waals surface area (Å²) < 4.78 is 0. The molecular weight excluding hydrogens is 236 g/mol. The Morgan fingerprint density at radius 2 is 2.32 bits per heavy atom. The van der Waals surface area contributed by atoms with Crippen molar-refractivity contribution in [2.45, 2.75) is 31.8 Å². The molecule has 2 fully saturated rings. The minimum Gasteiger partial charge on any atom is -0.312 e. The molecule has 2 aliphatic rings. The number of hydrogen-bond acceptors (Lipinski definition) is 4. The second kappa shape index (κ2) is 5.68. The lowest BCUT2D eigenvalue weighted by Crippen LogP contribution is -2.27. The fourth-order valence-electron chi connectivity index (χ4n) is 2.89. The van der Waals surface area contributed by atoms with Gasteiger partial charge in [-0.05, 0) is 44.3 Å². The topological polar surface area (TPSA) is 52.0 Å². The number of nitrogens with zero attached hydrogens (tertiary/aromatic N) is 3. The Morgan fingerprint density at radius 1 is 1.42 bits per heavy atom. The number of hydrogen-bond donors (Lipinski definition) is 1. The van der Waals surface area contributed by atoms with Gasteiger partial charge in [0.05, 0.1) is 0 Å². The molecule has 4 heteroatoms. The van der Waals surface area contributed by atoms with Crippen LogP contribution in [0.4, 0.5) is 0 Å². The first-order valence-corrected chi connectivity index (χ1v) is 7.15. The van der Waals surface area contributed by atoms with Crippen molar-refractivity contribution in [2.75, 3.05) is 19.6 Å². The Balaban J connectivity index is 1.44. The van der Waals surface area contributed by atoms with Crippen LogP contribution in [0, 0.1) is 17.2 Å². The van der Waals surface area contributed by atoms with Gasteiger partial charge in [-0.2, -0.15) is 5.26 Å². The first kappa shape index (κ1) is 12.6. The summed E-state index contributed by atoms with van der Waals surface area (Å²) in [5.74, 6) is 0.766. The third-order valence-electron chi connectivity index (χ3n) is 4.13. The molecule has 1 aromatic heterocycles. The molecule has 1 saturated carbocycles. The van der Waals surface area contributed by atoms with Gasteiger partial charge in [-0.15, -0.1) is 0 Å². The lowest BCUT2D eigenvalue weighted by Gasteiger charge is -2.15. The number of rotatable bonds is 5. The number of nitrogens with one attached hydrogen (secondary N) is 1. The summed E-state index contributed by atoms with van der Waals surface area (Å²) in [6, 6.07) is 6.91. The standard InChI is InChI=1S/C15H20N4/c16-8-15-13(2-1-6-18-15)10-17-9-12-5-7-19(11-12)14-3-4-14/h1-2,6,12,14,17H,3-5,7,9-11H2. The van der Waals surface area contributed by atoms with E-state index in [9.17, 15) is 0 Å². The zero-order chi connectivity index (χ0) is 13.1. The van der Waals surface area contributed by atoms with E-state index in [1.807, 2.05) is 12.1 Å². The van der Waals surface area contributed by atoms with E-state index >= 15 is 0 Å². The molecule has 100 valence electrons. The average Bonchev–Trinajstić information content (AvgIpc) is 3.19. The van der Waals surface area contributed by atoms with E-state index in [2.05, 4.69) is 21.3 Å². The van der Waals surface area contributed by atoms with Crippen LogP contribution in [0.1, 0.15) is 30.5 Å². The van der Waals surface area contributed by atoms with Crippen LogP contribution in [-0.4, -0.2) is 35.6 Å². The summed E-state index contributed by atoms with van der Waals surface area (Å²) in [7, 11) is 0. The van der Waals surface area contributed by atoms with Crippen molar-refractivity contribution in [3.8, 4) is 6.07 Å². The van der Waals surface area contributed by atoms with Gasteiger partial charge >= 0.3 is 0 Å². The molecule has 2 heterocycles. The van der Waals surface area contributed by atoms with Gasteiger partial charge in [-0.1, -0.05) is 6.07 Å². The molecule has 0 radical (unpaired) electrons. The second-order valence-corrected chi connectivity index (χ2v) is 5.63. The number of aromatic nitrogens is 1. The first-order valence-electron chi connectivity index (χ1n) is 7.15. The van der Waals surface area contributed by atoms with Gasteiger partial charge in [0.15, 0.2) is 0 Å². The van der Waals surface area contributed by atoms with Gasteiger partial charge in [0.2, 0.25) is 0 Å². The zero-order valence-corrected chi connectivity index (χ0v) is 11.2. The summed E-state index contributed by atoms with van der Waals surface area (Å²) in [5, 5.41) is 12.5. The summed E-state index contributed by atoms with van der Waals surface area (Å²) in [6.45, 7) is 4.31. The molecule has 0 spiro atoms. The van der Waals surface area contributed by atoms with Gasteiger partial charge in [0.25, 0.3) is 0 Å². The molecule has 1 aromatic rings. The summed E-state index contributed by atoms with van der Waals surface area (Å²) in [6.07, 6.45) is 5.79. The van der Waals surface area contributed by atoms with E-state index in [1.54, 1.807) is 6.20 Å². The van der Waals surface area contributed by atoms with E-state index in [4.69, 9.17) is 5.26 Å². The highest BCUT2D eigenvalue weighted by Gasteiger charge is 2.33. The normalized spacial score (nSPS) is 23.4. The third kappa shape index (κ3) is 3.12. The molecule has 1 unspecified atom stereocenters. The van der Waals surface area contributed by atoms with Crippen molar-refractivity contribution in [3.05, 3.63) is 29.6 Å². The van der Waals surface area contributed by atoms with Crippen molar-refractivity contribution in [1.29, 1.82) is 5.26 Å². The van der Waals surface area contributed by atoms with Crippen molar-refractivity contribution < 1.29 is 0 Å². The molecule has 1 aliphatic heterocycles. The monoisotopic (exact) mass is 256 g/mol. The van der Waals surface area contributed by atoms with E-state index in [0.717, 1.165) is 30.6 Å². The van der Waals surface area contributed by atoms with Gasteiger partial charge in [-0.3, -0.25) is 0 Å². The fraction of sp³-hybridized carbons (Fsp3) is 0.600. The lowest BCUT2D eigenvalue weighted by atomic mass is 10.1. The van der Waals surface area contributed by atoms with Crippen molar-refractivity contribution in [3.63, 3.8) is 0 Å². The summed E-state index contributed by atoms with van der Waals surface area (Å²) in [4.78, 5) is 6.72. The average molecular weight is 256 g/mol. The molecule has 0 bridgehead atoms. The molecule has 0 aromatic carbocycles. The SMILES string of the molecule is N#Cc1ncccc1CNCC1CCN(C2CC2)C1. The highest BCUT2D eigenvalue weighted by molar-refractivity contribution is 5.30. The van der Waals surface area contributed by atoms with Gasteiger partial charge in [-0.25, -0.2) is 4.98 Å². The Kier molecular flexibility index (Phi) is 3.77. The highest BCUT2D eigenvalue weighted by atomic mass is 15.2. The molecule has 3 rings (SSSR count). The molecule has 1 N–H and O–H groups in total. The first-order chi connectivity index (χ1) is 9.36. The molecule has 1 saturated heterocycles. The maximum Gasteiger partial charge on any atom is 0.144 e. The van der Waals surface area contributed by atoms with E-state index < -0.39 is 0 Å². The highest BCUT2D eigenvalue weighted by Crippen LogP contribution is 2.31. The Bertz CT molecular complexity index is 475. The summed E-state index contributed by atoms with van der Waals surface area (Å²) >= 11 is 0. The quantitative estimate of drug-likeness (QED) is 0.868. The largest absolute Gasteiger partial charge is 0.312 e. The smallest absolute Gasteiger partial charge is 0.144 e. The molecule has 1 aliphatic carbocycles. The Labute approximate surface area is 114 Å². The lowest BCUT2D eigenvalue weighted by molar-refractivity contribution is 0.312. The van der Waals surface area contributed by atoms with Crippen molar-refractivity contribution >= 4 is 0 Å². The fourth-order valence-corrected chi connectivity index (χ4v) is 2.89. The van der Waals surface area contributed by atoms with Gasteiger partial charge in [0, 0.05) is 30.9 Å². The molecule has 0 amide bonds. The van der Waals surface area contributed by atoms with Crippen molar-refractivity contribution in [1.82, 2.24) is 15.2 Å². The van der Waals surface area contributed by atoms with Crippen LogP contribution in [0.2, 0.25) is 0 Å². The Morgan fingerprint density at radius 3 is 3.11 bits per heavy atom. The van der Waals surface area contributed by atoms with Crippen LogP contribution in [0.3, 0.4) is 0 Å². The molecule has 1 atom stereocenters. The molecule has 19 heavy (non-hydrogen) atoms. The maximum absolute atomic E-state index is 8.99. The van der Waals surface area contributed by atoms with E-state index in [1.165, 1.54) is 32.4 Å². The Hall–Kier alpha value is -1.44. The number of nitriles is 1. The van der Waals surface area contributed by atoms with Crippen LogP contribution in [0.25, 0.3) is 0 Å². The molecular formula is C15H20N4. The minimum atomic E-state index is 0.543. The summed E-state index contributed by atoms with van der Waals surface area (Å²) in [5.41, 5.74) is 1.54. The zero-order valence-electron chi connectivity index (χ0n) is 11.2. The molecule has 4 nitrogen and oxygen atoms in total. The minimum absolute atomic E-state index is 0.543. The number of likely N-dealkylation sites (tertiary alicyclic amines) is 1.